The van der Waals surface area contributed by atoms with Gasteiger partial charge < -0.3 is 25.1 Å². The average Bonchev–Trinajstić information content (AvgIpc) is 2.77. The van der Waals surface area contributed by atoms with Gasteiger partial charge in [0.1, 0.15) is 17.1 Å². The maximum absolute atomic E-state index is 11.8. The minimum Gasteiger partial charge on any atom is -0.478 e. The van der Waals surface area contributed by atoms with E-state index in [2.05, 4.69) is 10.6 Å². The third-order valence-electron chi connectivity index (χ3n) is 2.88. The molecule has 0 saturated heterocycles. The van der Waals surface area contributed by atoms with Crippen molar-refractivity contribution in [2.24, 2.45) is 0 Å². The zero-order valence-electron chi connectivity index (χ0n) is 12.0. The Kier molecular flexibility index (Phi) is 6.05. The molecule has 0 bridgehead atoms. The molecule has 0 unspecified atom stereocenters. The topological polar surface area (TPSA) is 94.8 Å². The van der Waals surface area contributed by atoms with E-state index < -0.39 is 5.97 Å². The van der Waals surface area contributed by atoms with Crippen LogP contribution in [0.1, 0.15) is 28.3 Å². The molecule has 1 rings (SSSR count). The molecule has 0 aromatic carbocycles. The fourth-order valence-corrected chi connectivity index (χ4v) is 1.74. The summed E-state index contributed by atoms with van der Waals surface area (Å²) in [6.45, 7) is 3.24. The molecule has 20 heavy (non-hydrogen) atoms. The van der Waals surface area contributed by atoms with Crippen LogP contribution in [-0.4, -0.2) is 49.2 Å². The monoisotopic (exact) mass is 283 g/mol. The second kappa shape index (κ2) is 7.54. The summed E-state index contributed by atoms with van der Waals surface area (Å²) in [5, 5.41) is 14.6. The van der Waals surface area contributed by atoms with Gasteiger partial charge in [-0.2, -0.15) is 0 Å². The number of furan rings is 1. The number of carbonyl (C=O) groups excluding carboxylic acids is 1. The number of hydrogen-bond acceptors (Lipinski definition) is 4. The third kappa shape index (κ3) is 4.58. The van der Waals surface area contributed by atoms with E-state index in [0.717, 1.165) is 13.0 Å². The molecular formula is C13H21N3O4. The van der Waals surface area contributed by atoms with E-state index in [0.29, 0.717) is 18.1 Å². The van der Waals surface area contributed by atoms with Crippen molar-refractivity contribution in [3.8, 4) is 0 Å². The van der Waals surface area contributed by atoms with Crippen LogP contribution in [0.3, 0.4) is 0 Å². The first-order valence-corrected chi connectivity index (χ1v) is 6.42. The molecular weight excluding hydrogens is 262 g/mol. The lowest BCUT2D eigenvalue weighted by molar-refractivity contribution is 0.0695. The molecule has 0 fully saturated rings. The predicted molar refractivity (Wildman–Crippen MR) is 73.8 cm³/mol. The maximum Gasteiger partial charge on any atom is 0.339 e. The molecule has 1 aromatic heterocycles. The number of aromatic carboxylic acids is 1. The highest BCUT2D eigenvalue weighted by atomic mass is 16.4. The number of rotatable bonds is 7. The molecule has 1 aromatic rings. The quantitative estimate of drug-likeness (QED) is 0.650. The zero-order chi connectivity index (χ0) is 15.1. The molecule has 0 aliphatic carbocycles. The van der Waals surface area contributed by atoms with Gasteiger partial charge in [-0.05, 0) is 33.0 Å². The van der Waals surface area contributed by atoms with Crippen LogP contribution in [0.2, 0.25) is 0 Å². The Morgan fingerprint density at radius 3 is 2.70 bits per heavy atom. The SMILES string of the molecule is CNCCCN(C)C(=O)NCc1cc(C(=O)O)c(C)o1. The number of carboxylic acids is 1. The number of hydrogen-bond donors (Lipinski definition) is 3. The molecule has 0 aliphatic heterocycles. The number of carbonyl (C=O) groups is 2. The maximum atomic E-state index is 11.8. The van der Waals surface area contributed by atoms with Crippen LogP contribution in [0, 0.1) is 6.92 Å². The van der Waals surface area contributed by atoms with Crippen molar-refractivity contribution in [3.05, 3.63) is 23.2 Å². The number of carboxylic acid groups (broad SMARTS) is 1. The molecule has 0 spiro atoms. The van der Waals surface area contributed by atoms with Crippen molar-refractivity contribution in [2.75, 3.05) is 27.2 Å². The molecule has 2 amide bonds. The number of nitrogens with zero attached hydrogens (tertiary/aromatic N) is 1. The molecule has 7 heteroatoms. The van der Waals surface area contributed by atoms with E-state index in [1.165, 1.54) is 6.07 Å². The summed E-state index contributed by atoms with van der Waals surface area (Å²) in [5.74, 6) is -0.269. The van der Waals surface area contributed by atoms with E-state index in [1.54, 1.807) is 18.9 Å². The highest BCUT2D eigenvalue weighted by molar-refractivity contribution is 5.88. The first-order valence-electron chi connectivity index (χ1n) is 6.42. The van der Waals surface area contributed by atoms with Crippen LogP contribution in [0.15, 0.2) is 10.5 Å². The Labute approximate surface area is 117 Å². The van der Waals surface area contributed by atoms with Gasteiger partial charge >= 0.3 is 12.0 Å². The molecule has 7 nitrogen and oxygen atoms in total. The summed E-state index contributed by atoms with van der Waals surface area (Å²) in [5.41, 5.74) is 0.122. The van der Waals surface area contributed by atoms with Crippen molar-refractivity contribution in [2.45, 2.75) is 19.9 Å². The third-order valence-corrected chi connectivity index (χ3v) is 2.88. The minimum absolute atomic E-state index is 0.122. The van der Waals surface area contributed by atoms with E-state index in [-0.39, 0.29) is 18.1 Å². The summed E-state index contributed by atoms with van der Waals surface area (Å²) < 4.78 is 5.28. The molecule has 3 N–H and O–H groups in total. The Morgan fingerprint density at radius 1 is 1.45 bits per heavy atom. The summed E-state index contributed by atoms with van der Waals surface area (Å²) >= 11 is 0. The summed E-state index contributed by atoms with van der Waals surface area (Å²) in [7, 11) is 3.57. The first-order chi connectivity index (χ1) is 9.45. The second-order valence-corrected chi connectivity index (χ2v) is 4.53. The molecule has 0 saturated carbocycles. The summed E-state index contributed by atoms with van der Waals surface area (Å²) in [6.07, 6.45) is 0.865. The van der Waals surface area contributed by atoms with Crippen molar-refractivity contribution in [1.82, 2.24) is 15.5 Å². The fourth-order valence-electron chi connectivity index (χ4n) is 1.74. The first kappa shape index (κ1) is 16.0. The van der Waals surface area contributed by atoms with E-state index in [1.807, 2.05) is 7.05 Å². The molecule has 0 atom stereocenters. The molecule has 0 aliphatic rings. The Hall–Kier alpha value is -2.02. The van der Waals surface area contributed by atoms with Crippen LogP contribution < -0.4 is 10.6 Å². The van der Waals surface area contributed by atoms with Gasteiger partial charge in [0, 0.05) is 13.6 Å². The Bertz CT molecular complexity index is 470. The van der Waals surface area contributed by atoms with E-state index >= 15 is 0 Å². The number of amides is 2. The van der Waals surface area contributed by atoms with Gasteiger partial charge in [-0.15, -0.1) is 0 Å². The molecule has 112 valence electrons. The van der Waals surface area contributed by atoms with Gasteiger partial charge in [0.15, 0.2) is 0 Å². The zero-order valence-corrected chi connectivity index (χ0v) is 12.0. The van der Waals surface area contributed by atoms with Gasteiger partial charge in [-0.25, -0.2) is 9.59 Å². The smallest absolute Gasteiger partial charge is 0.339 e. The Balaban J connectivity index is 2.44. The van der Waals surface area contributed by atoms with Gasteiger partial charge in [-0.1, -0.05) is 0 Å². The minimum atomic E-state index is -1.03. The Morgan fingerprint density at radius 2 is 2.15 bits per heavy atom. The highest BCUT2D eigenvalue weighted by Crippen LogP contribution is 2.14. The molecule has 1 heterocycles. The molecule has 0 radical (unpaired) electrons. The highest BCUT2D eigenvalue weighted by Gasteiger charge is 2.14. The van der Waals surface area contributed by atoms with E-state index in [4.69, 9.17) is 9.52 Å². The second-order valence-electron chi connectivity index (χ2n) is 4.53. The van der Waals surface area contributed by atoms with Crippen molar-refractivity contribution in [1.29, 1.82) is 0 Å². The largest absolute Gasteiger partial charge is 0.478 e. The fraction of sp³-hybridized carbons (Fsp3) is 0.538. The average molecular weight is 283 g/mol. The summed E-state index contributed by atoms with van der Waals surface area (Å²) in [4.78, 5) is 24.2. The summed E-state index contributed by atoms with van der Waals surface area (Å²) in [6, 6.07) is 1.21. The van der Waals surface area contributed by atoms with Crippen LogP contribution >= 0.6 is 0 Å². The van der Waals surface area contributed by atoms with Gasteiger partial charge in [-0.3, -0.25) is 0 Å². The van der Waals surface area contributed by atoms with Crippen molar-refractivity contribution in [3.63, 3.8) is 0 Å². The lowest BCUT2D eigenvalue weighted by Gasteiger charge is -2.17. The van der Waals surface area contributed by atoms with Crippen molar-refractivity contribution < 1.29 is 19.1 Å². The van der Waals surface area contributed by atoms with Crippen LogP contribution in [0.5, 0.6) is 0 Å². The normalized spacial score (nSPS) is 10.3. The van der Waals surface area contributed by atoms with Gasteiger partial charge in [0.2, 0.25) is 0 Å². The van der Waals surface area contributed by atoms with Crippen LogP contribution in [-0.2, 0) is 6.54 Å². The number of nitrogens with one attached hydrogen (secondary N) is 2. The predicted octanol–water partition coefficient (Wildman–Crippen LogP) is 1.04. The van der Waals surface area contributed by atoms with E-state index in [9.17, 15) is 9.59 Å². The number of aryl methyl sites for hydroxylation is 1. The van der Waals surface area contributed by atoms with Gasteiger partial charge in [0.25, 0.3) is 0 Å². The van der Waals surface area contributed by atoms with Crippen LogP contribution in [0.25, 0.3) is 0 Å². The van der Waals surface area contributed by atoms with Crippen molar-refractivity contribution >= 4 is 12.0 Å². The lowest BCUT2D eigenvalue weighted by atomic mass is 10.2. The standard InChI is InChI=1S/C13H21N3O4/c1-9-11(12(17)18)7-10(20-9)8-15-13(19)16(3)6-4-5-14-2/h7,14H,4-6,8H2,1-3H3,(H,15,19)(H,17,18). The van der Waals surface area contributed by atoms with Crippen LogP contribution in [0.4, 0.5) is 4.79 Å². The van der Waals surface area contributed by atoms with Gasteiger partial charge in [0.05, 0.1) is 6.54 Å². The lowest BCUT2D eigenvalue weighted by Crippen LogP contribution is -2.38. The number of urea groups is 1.